The van der Waals surface area contributed by atoms with E-state index in [0.29, 0.717) is 5.69 Å². The smallest absolute Gasteiger partial charge is 0.277 e. The minimum Gasteiger partial charge on any atom is -0.295 e. The molecule has 27 heavy (non-hydrogen) atoms. The zero-order valence-electron chi connectivity index (χ0n) is 14.5. The number of aromatic amines is 1. The molecule has 1 N–H and O–H groups in total. The molecule has 0 bridgehead atoms. The van der Waals surface area contributed by atoms with Crippen molar-refractivity contribution in [2.24, 2.45) is 0 Å². The van der Waals surface area contributed by atoms with Crippen molar-refractivity contribution in [3.63, 3.8) is 0 Å². The number of para-hydroxylation sites is 1. The highest BCUT2D eigenvalue weighted by Gasteiger charge is 2.42. The van der Waals surface area contributed by atoms with E-state index in [4.69, 9.17) is 0 Å². The molecule has 0 saturated carbocycles. The van der Waals surface area contributed by atoms with Gasteiger partial charge in [-0.05, 0) is 17.7 Å². The number of nitrogens with zero attached hydrogens (tertiary/aromatic N) is 2. The molecule has 0 aliphatic carbocycles. The van der Waals surface area contributed by atoms with Crippen LogP contribution in [0.3, 0.4) is 0 Å². The van der Waals surface area contributed by atoms with E-state index in [1.54, 1.807) is 0 Å². The number of fused-ring (bicyclic) bond motifs is 1. The van der Waals surface area contributed by atoms with Gasteiger partial charge in [0.15, 0.2) is 0 Å². The van der Waals surface area contributed by atoms with Crippen molar-refractivity contribution < 1.29 is 4.79 Å². The summed E-state index contributed by atoms with van der Waals surface area (Å²) in [4.78, 5) is 15.1. The average Bonchev–Trinajstić information content (AvgIpc) is 3.29. The molecule has 1 atom stereocenters. The maximum absolute atomic E-state index is 13.3. The molecule has 4 aromatic rings. The van der Waals surface area contributed by atoms with Crippen LogP contribution in [-0.4, -0.2) is 16.1 Å². The Balaban J connectivity index is 1.74. The number of nitrogens with one attached hydrogen (secondary N) is 1. The predicted molar refractivity (Wildman–Crippen MR) is 106 cm³/mol. The van der Waals surface area contributed by atoms with Gasteiger partial charge in [-0.15, -0.1) is 0 Å². The number of aromatic nitrogens is 2. The normalized spacial score (nSPS) is 15.8. The largest absolute Gasteiger partial charge is 0.295 e. The molecular weight excluding hydrogens is 334 g/mol. The Morgan fingerprint density at radius 2 is 1.37 bits per heavy atom. The highest BCUT2D eigenvalue weighted by Crippen LogP contribution is 2.44. The van der Waals surface area contributed by atoms with Gasteiger partial charge >= 0.3 is 0 Å². The van der Waals surface area contributed by atoms with E-state index in [0.717, 1.165) is 28.1 Å². The van der Waals surface area contributed by atoms with Crippen LogP contribution in [0.4, 0.5) is 5.69 Å². The number of anilines is 1. The third kappa shape index (κ3) is 2.46. The second kappa shape index (κ2) is 6.25. The lowest BCUT2D eigenvalue weighted by molar-refractivity contribution is 0.0989. The number of carbonyl (C=O) groups is 1. The van der Waals surface area contributed by atoms with Gasteiger partial charge in [0.1, 0.15) is 5.69 Å². The Hall–Kier alpha value is -3.66. The average molecular weight is 351 g/mol. The zero-order chi connectivity index (χ0) is 18.2. The van der Waals surface area contributed by atoms with Gasteiger partial charge < -0.3 is 0 Å². The van der Waals surface area contributed by atoms with Crippen molar-refractivity contribution in [1.82, 2.24) is 10.2 Å². The summed E-state index contributed by atoms with van der Waals surface area (Å²) >= 11 is 0. The summed E-state index contributed by atoms with van der Waals surface area (Å²) in [5.74, 6) is -0.0558. The molecule has 2 heterocycles. The summed E-state index contributed by atoms with van der Waals surface area (Å²) in [6.07, 6.45) is 0. The quantitative estimate of drug-likeness (QED) is 0.575. The van der Waals surface area contributed by atoms with Gasteiger partial charge in [0, 0.05) is 16.8 Å². The van der Waals surface area contributed by atoms with Gasteiger partial charge in [0.2, 0.25) is 0 Å². The van der Waals surface area contributed by atoms with E-state index in [1.165, 1.54) is 0 Å². The first-order valence-corrected chi connectivity index (χ1v) is 8.92. The molecule has 0 spiro atoms. The number of rotatable bonds is 3. The molecule has 5 rings (SSSR count). The minimum absolute atomic E-state index is 0.0558. The van der Waals surface area contributed by atoms with Crippen LogP contribution in [0.5, 0.6) is 0 Å². The van der Waals surface area contributed by atoms with Crippen LogP contribution in [0.1, 0.15) is 27.7 Å². The van der Waals surface area contributed by atoms with Gasteiger partial charge in [-0.3, -0.25) is 14.8 Å². The van der Waals surface area contributed by atoms with E-state index in [2.05, 4.69) is 22.3 Å². The van der Waals surface area contributed by atoms with Crippen LogP contribution < -0.4 is 4.90 Å². The van der Waals surface area contributed by atoms with E-state index in [-0.39, 0.29) is 11.9 Å². The summed E-state index contributed by atoms with van der Waals surface area (Å²) in [7, 11) is 0. The lowest BCUT2D eigenvalue weighted by atomic mass is 9.96. The van der Waals surface area contributed by atoms with Crippen LogP contribution in [0, 0.1) is 0 Å². The highest BCUT2D eigenvalue weighted by molar-refractivity contribution is 6.11. The molecule has 4 nitrogen and oxygen atoms in total. The van der Waals surface area contributed by atoms with E-state index in [9.17, 15) is 4.79 Å². The third-order valence-corrected chi connectivity index (χ3v) is 4.97. The minimum atomic E-state index is -0.218. The van der Waals surface area contributed by atoms with Crippen LogP contribution in [0.25, 0.3) is 11.3 Å². The first kappa shape index (κ1) is 15.6. The van der Waals surface area contributed by atoms with Crippen LogP contribution >= 0.6 is 0 Å². The zero-order valence-corrected chi connectivity index (χ0v) is 14.5. The molecule has 1 aliphatic rings. The summed E-state index contributed by atoms with van der Waals surface area (Å²) in [5, 5.41) is 7.48. The molecule has 130 valence electrons. The number of amides is 1. The number of hydrogen-bond acceptors (Lipinski definition) is 2. The Morgan fingerprint density at radius 3 is 2.04 bits per heavy atom. The van der Waals surface area contributed by atoms with E-state index < -0.39 is 0 Å². The third-order valence-electron chi connectivity index (χ3n) is 4.97. The molecule has 0 fully saturated rings. The monoisotopic (exact) mass is 351 g/mol. The highest BCUT2D eigenvalue weighted by atomic mass is 16.2. The maximum atomic E-state index is 13.3. The first-order chi connectivity index (χ1) is 13.3. The molecule has 0 unspecified atom stereocenters. The number of benzene rings is 3. The summed E-state index contributed by atoms with van der Waals surface area (Å²) < 4.78 is 0. The van der Waals surface area contributed by atoms with Gasteiger partial charge in [-0.1, -0.05) is 78.9 Å². The molecule has 3 aromatic carbocycles. The molecule has 4 heteroatoms. The van der Waals surface area contributed by atoms with Crippen molar-refractivity contribution in [1.29, 1.82) is 0 Å². The van der Waals surface area contributed by atoms with E-state index >= 15 is 0 Å². The SMILES string of the molecule is O=C1c2[nH]nc(-c3ccccc3)c2[C@H](c2ccccc2)N1c1ccccc1. The second-order valence-corrected chi connectivity index (χ2v) is 6.55. The summed E-state index contributed by atoms with van der Waals surface area (Å²) in [6.45, 7) is 0. The lowest BCUT2D eigenvalue weighted by Crippen LogP contribution is -2.29. The molecule has 1 amide bonds. The van der Waals surface area contributed by atoms with Gasteiger partial charge in [-0.2, -0.15) is 5.10 Å². The molecule has 0 saturated heterocycles. The summed E-state index contributed by atoms with van der Waals surface area (Å²) in [5.41, 5.74) is 5.25. The lowest BCUT2D eigenvalue weighted by Gasteiger charge is -2.26. The fourth-order valence-electron chi connectivity index (χ4n) is 3.77. The van der Waals surface area contributed by atoms with Crippen molar-refractivity contribution in [3.8, 4) is 11.3 Å². The van der Waals surface area contributed by atoms with Crippen molar-refractivity contribution in [2.45, 2.75) is 6.04 Å². The van der Waals surface area contributed by atoms with Crippen molar-refractivity contribution in [2.75, 3.05) is 4.90 Å². The Labute approximate surface area is 157 Å². The van der Waals surface area contributed by atoms with Crippen LogP contribution in [0.15, 0.2) is 91.0 Å². The van der Waals surface area contributed by atoms with Crippen LogP contribution in [0.2, 0.25) is 0 Å². The topological polar surface area (TPSA) is 49.0 Å². The second-order valence-electron chi connectivity index (χ2n) is 6.55. The standard InChI is InChI=1S/C23H17N3O/c27-23-21-19(20(24-25-21)16-10-4-1-5-11-16)22(17-12-6-2-7-13-17)26(23)18-14-8-3-9-15-18/h1-15,22H,(H,24,25)/t22-/m0/s1. The Morgan fingerprint density at radius 1 is 0.778 bits per heavy atom. The van der Waals surface area contributed by atoms with Gasteiger partial charge in [0.25, 0.3) is 5.91 Å². The Kier molecular flexibility index (Phi) is 3.61. The van der Waals surface area contributed by atoms with Gasteiger partial charge in [-0.25, -0.2) is 0 Å². The molecule has 0 radical (unpaired) electrons. The number of hydrogen-bond donors (Lipinski definition) is 1. The van der Waals surface area contributed by atoms with Crippen molar-refractivity contribution >= 4 is 11.6 Å². The molecule has 1 aliphatic heterocycles. The van der Waals surface area contributed by atoms with Gasteiger partial charge in [0.05, 0.1) is 11.7 Å². The Bertz CT molecular complexity index is 1090. The van der Waals surface area contributed by atoms with E-state index in [1.807, 2.05) is 83.8 Å². The van der Waals surface area contributed by atoms with Crippen LogP contribution in [-0.2, 0) is 0 Å². The predicted octanol–water partition coefficient (Wildman–Crippen LogP) is 4.83. The first-order valence-electron chi connectivity index (χ1n) is 8.92. The summed E-state index contributed by atoms with van der Waals surface area (Å²) in [6, 6.07) is 29.7. The fourth-order valence-corrected chi connectivity index (χ4v) is 3.77. The number of H-pyrrole nitrogens is 1. The fraction of sp³-hybridized carbons (Fsp3) is 0.0435. The maximum Gasteiger partial charge on any atom is 0.277 e. The molecule has 1 aromatic heterocycles. The number of carbonyl (C=O) groups excluding carboxylic acids is 1. The molecular formula is C23H17N3O. The van der Waals surface area contributed by atoms with Crippen molar-refractivity contribution in [3.05, 3.63) is 108 Å².